The predicted octanol–water partition coefficient (Wildman–Crippen LogP) is 1.72. The summed E-state index contributed by atoms with van der Waals surface area (Å²) in [6, 6.07) is 6.74. The molecule has 2 N–H and O–H groups in total. The average molecular weight is 303 g/mol. The van der Waals surface area contributed by atoms with Crippen LogP contribution in [0.15, 0.2) is 24.3 Å². The number of non-ortho nitro benzene ring substituents is 1. The smallest absolute Gasteiger partial charge is 0.269 e. The van der Waals surface area contributed by atoms with Gasteiger partial charge in [0.15, 0.2) is 0 Å². The van der Waals surface area contributed by atoms with Gasteiger partial charge < -0.3 is 10.6 Å². The molecule has 0 bridgehead atoms. The molecule has 6 heteroatoms. The Balaban J connectivity index is 1.55. The summed E-state index contributed by atoms with van der Waals surface area (Å²) < 4.78 is 0. The van der Waals surface area contributed by atoms with Gasteiger partial charge in [0.1, 0.15) is 0 Å². The molecule has 1 amide bonds. The van der Waals surface area contributed by atoms with Gasteiger partial charge in [0.25, 0.3) is 5.69 Å². The SMILES string of the molecule is NC1CCC2CN(C(=O)CCc3cccc([N+](=O)[O-])c3)CC12. The van der Waals surface area contributed by atoms with Gasteiger partial charge in [-0.15, -0.1) is 0 Å². The zero-order valence-corrected chi connectivity index (χ0v) is 12.5. The Hall–Kier alpha value is -1.95. The van der Waals surface area contributed by atoms with Crippen molar-refractivity contribution in [1.82, 2.24) is 4.90 Å². The van der Waals surface area contributed by atoms with Crippen LogP contribution in [0.1, 0.15) is 24.8 Å². The highest BCUT2D eigenvalue weighted by molar-refractivity contribution is 5.76. The number of carbonyl (C=O) groups is 1. The van der Waals surface area contributed by atoms with E-state index in [2.05, 4.69) is 0 Å². The molecular weight excluding hydrogens is 282 g/mol. The number of hydrogen-bond donors (Lipinski definition) is 1. The average Bonchev–Trinajstić information content (AvgIpc) is 3.08. The van der Waals surface area contributed by atoms with E-state index in [0.717, 1.165) is 31.5 Å². The van der Waals surface area contributed by atoms with Crippen LogP contribution in [0.4, 0.5) is 5.69 Å². The molecule has 0 radical (unpaired) electrons. The first-order chi connectivity index (χ1) is 10.5. The van der Waals surface area contributed by atoms with E-state index in [4.69, 9.17) is 5.73 Å². The van der Waals surface area contributed by atoms with Gasteiger partial charge in [0, 0.05) is 37.7 Å². The van der Waals surface area contributed by atoms with Crippen LogP contribution in [0.2, 0.25) is 0 Å². The molecule has 1 aliphatic carbocycles. The summed E-state index contributed by atoms with van der Waals surface area (Å²) in [5, 5.41) is 10.8. The fourth-order valence-electron chi connectivity index (χ4n) is 3.75. The van der Waals surface area contributed by atoms with Crippen molar-refractivity contribution in [2.45, 2.75) is 31.7 Å². The van der Waals surface area contributed by atoms with Crippen LogP contribution in [0.25, 0.3) is 0 Å². The number of rotatable bonds is 4. The van der Waals surface area contributed by atoms with Crippen LogP contribution in [-0.4, -0.2) is 34.9 Å². The number of nitro groups is 1. The predicted molar refractivity (Wildman–Crippen MR) is 82.2 cm³/mol. The van der Waals surface area contributed by atoms with E-state index < -0.39 is 4.92 Å². The number of benzene rings is 1. The first kappa shape index (κ1) is 15.0. The zero-order chi connectivity index (χ0) is 15.7. The molecule has 1 saturated carbocycles. The highest BCUT2D eigenvalue weighted by Gasteiger charge is 2.42. The van der Waals surface area contributed by atoms with E-state index in [1.54, 1.807) is 12.1 Å². The quantitative estimate of drug-likeness (QED) is 0.677. The maximum absolute atomic E-state index is 12.3. The van der Waals surface area contributed by atoms with Gasteiger partial charge in [-0.05, 0) is 36.7 Å². The molecule has 1 aromatic rings. The molecule has 1 heterocycles. The zero-order valence-electron chi connectivity index (χ0n) is 12.5. The summed E-state index contributed by atoms with van der Waals surface area (Å²) >= 11 is 0. The Morgan fingerprint density at radius 1 is 1.36 bits per heavy atom. The number of aryl methyl sites for hydroxylation is 1. The van der Waals surface area contributed by atoms with Gasteiger partial charge in [-0.2, -0.15) is 0 Å². The van der Waals surface area contributed by atoms with Crippen molar-refractivity contribution in [2.75, 3.05) is 13.1 Å². The Labute approximate surface area is 129 Å². The van der Waals surface area contributed by atoms with Crippen molar-refractivity contribution in [1.29, 1.82) is 0 Å². The van der Waals surface area contributed by atoms with Crippen LogP contribution >= 0.6 is 0 Å². The van der Waals surface area contributed by atoms with E-state index in [-0.39, 0.29) is 17.6 Å². The first-order valence-electron chi connectivity index (χ1n) is 7.81. The number of likely N-dealkylation sites (tertiary alicyclic amines) is 1. The Morgan fingerprint density at radius 3 is 2.91 bits per heavy atom. The van der Waals surface area contributed by atoms with E-state index >= 15 is 0 Å². The van der Waals surface area contributed by atoms with Crippen LogP contribution in [0.5, 0.6) is 0 Å². The maximum Gasteiger partial charge on any atom is 0.269 e. The molecule has 0 aromatic heterocycles. The van der Waals surface area contributed by atoms with Crippen LogP contribution in [0, 0.1) is 22.0 Å². The fraction of sp³-hybridized carbons (Fsp3) is 0.562. The second-order valence-electron chi connectivity index (χ2n) is 6.39. The molecule has 118 valence electrons. The van der Waals surface area contributed by atoms with Gasteiger partial charge in [-0.1, -0.05) is 12.1 Å². The molecule has 6 nitrogen and oxygen atoms in total. The summed E-state index contributed by atoms with van der Waals surface area (Å²) in [6.45, 7) is 1.60. The highest BCUT2D eigenvalue weighted by atomic mass is 16.6. The number of nitrogens with zero attached hydrogens (tertiary/aromatic N) is 2. The van der Waals surface area contributed by atoms with Gasteiger partial charge in [0.2, 0.25) is 5.91 Å². The largest absolute Gasteiger partial charge is 0.342 e. The van der Waals surface area contributed by atoms with E-state index in [0.29, 0.717) is 24.7 Å². The third-order valence-electron chi connectivity index (χ3n) is 5.01. The summed E-state index contributed by atoms with van der Waals surface area (Å²) in [7, 11) is 0. The number of hydrogen-bond acceptors (Lipinski definition) is 4. The van der Waals surface area contributed by atoms with E-state index in [1.807, 2.05) is 11.0 Å². The minimum Gasteiger partial charge on any atom is -0.342 e. The Bertz CT molecular complexity index is 590. The van der Waals surface area contributed by atoms with Crippen molar-refractivity contribution < 1.29 is 9.72 Å². The topological polar surface area (TPSA) is 89.5 Å². The Kier molecular flexibility index (Phi) is 4.11. The lowest BCUT2D eigenvalue weighted by atomic mass is 9.98. The lowest BCUT2D eigenvalue weighted by Gasteiger charge is -2.18. The molecular formula is C16H21N3O3. The molecule has 1 saturated heterocycles. The van der Waals surface area contributed by atoms with Crippen LogP contribution in [-0.2, 0) is 11.2 Å². The molecule has 3 rings (SSSR count). The van der Waals surface area contributed by atoms with Gasteiger partial charge >= 0.3 is 0 Å². The van der Waals surface area contributed by atoms with Crippen LogP contribution in [0.3, 0.4) is 0 Å². The molecule has 2 aliphatic rings. The lowest BCUT2D eigenvalue weighted by molar-refractivity contribution is -0.384. The standard InChI is InChI=1S/C16H21N3O3/c17-15-6-5-12-9-18(10-14(12)15)16(20)7-4-11-2-1-3-13(8-11)19(21)22/h1-3,8,12,14-15H,4-7,9-10,17H2. The van der Waals surface area contributed by atoms with Gasteiger partial charge in [-0.3, -0.25) is 14.9 Å². The number of carbonyl (C=O) groups excluding carboxylic acids is 1. The second kappa shape index (κ2) is 6.04. The van der Waals surface area contributed by atoms with E-state index in [9.17, 15) is 14.9 Å². The second-order valence-corrected chi connectivity index (χ2v) is 6.39. The number of nitro benzene ring substituents is 1. The number of amides is 1. The molecule has 3 atom stereocenters. The van der Waals surface area contributed by atoms with Crippen molar-refractivity contribution in [3.63, 3.8) is 0 Å². The summed E-state index contributed by atoms with van der Waals surface area (Å²) in [5.41, 5.74) is 7.00. The van der Waals surface area contributed by atoms with Crippen molar-refractivity contribution >= 4 is 11.6 Å². The molecule has 22 heavy (non-hydrogen) atoms. The summed E-state index contributed by atoms with van der Waals surface area (Å²) in [4.78, 5) is 24.6. The van der Waals surface area contributed by atoms with Gasteiger partial charge in [-0.25, -0.2) is 0 Å². The first-order valence-corrected chi connectivity index (χ1v) is 7.81. The van der Waals surface area contributed by atoms with Crippen molar-refractivity contribution in [3.05, 3.63) is 39.9 Å². The van der Waals surface area contributed by atoms with Crippen molar-refractivity contribution in [2.24, 2.45) is 17.6 Å². The molecule has 1 aliphatic heterocycles. The molecule has 2 fully saturated rings. The summed E-state index contributed by atoms with van der Waals surface area (Å²) in [6.07, 6.45) is 3.14. The molecule has 1 aromatic carbocycles. The Morgan fingerprint density at radius 2 is 2.18 bits per heavy atom. The van der Waals surface area contributed by atoms with Crippen molar-refractivity contribution in [3.8, 4) is 0 Å². The van der Waals surface area contributed by atoms with Gasteiger partial charge in [0.05, 0.1) is 4.92 Å². The minimum absolute atomic E-state index is 0.0756. The fourth-order valence-corrected chi connectivity index (χ4v) is 3.75. The summed E-state index contributed by atoms with van der Waals surface area (Å²) in [5.74, 6) is 1.16. The molecule has 3 unspecified atom stereocenters. The lowest BCUT2D eigenvalue weighted by Crippen LogP contribution is -2.33. The number of nitrogens with two attached hydrogens (primary N) is 1. The highest BCUT2D eigenvalue weighted by Crippen LogP contribution is 2.37. The monoisotopic (exact) mass is 303 g/mol. The third-order valence-corrected chi connectivity index (χ3v) is 5.01. The molecule has 0 spiro atoms. The van der Waals surface area contributed by atoms with E-state index in [1.165, 1.54) is 6.07 Å². The number of fused-ring (bicyclic) bond motifs is 1. The normalized spacial score (nSPS) is 27.0. The maximum atomic E-state index is 12.3. The minimum atomic E-state index is -0.408. The van der Waals surface area contributed by atoms with Crippen LogP contribution < -0.4 is 5.73 Å². The third kappa shape index (κ3) is 2.97.